The molecule has 0 amide bonds. The van der Waals surface area contributed by atoms with Crippen LogP contribution in [0.5, 0.6) is 0 Å². The van der Waals surface area contributed by atoms with E-state index < -0.39 is 0 Å². The van der Waals surface area contributed by atoms with Gasteiger partial charge in [0.1, 0.15) is 5.82 Å². The summed E-state index contributed by atoms with van der Waals surface area (Å²) in [5, 5.41) is 0. The van der Waals surface area contributed by atoms with Crippen molar-refractivity contribution in [2.75, 3.05) is 26.4 Å². The molecule has 0 aliphatic carbocycles. The minimum atomic E-state index is -0.323. The molecule has 0 bridgehead atoms. The van der Waals surface area contributed by atoms with E-state index in [1.165, 1.54) is 6.07 Å². The highest BCUT2D eigenvalue weighted by molar-refractivity contribution is 9.10. The first-order valence-electron chi connectivity index (χ1n) is 6.58. The van der Waals surface area contributed by atoms with Crippen molar-refractivity contribution in [1.29, 1.82) is 0 Å². The number of anilines is 1. The van der Waals surface area contributed by atoms with Gasteiger partial charge in [-0.15, -0.1) is 0 Å². The van der Waals surface area contributed by atoms with E-state index in [0.717, 1.165) is 12.1 Å². The van der Waals surface area contributed by atoms with E-state index >= 15 is 0 Å². The summed E-state index contributed by atoms with van der Waals surface area (Å²) in [4.78, 5) is 6.41. The van der Waals surface area contributed by atoms with Gasteiger partial charge in [0.2, 0.25) is 5.95 Å². The first-order valence-corrected chi connectivity index (χ1v) is 7.37. The number of nitrogen functional groups attached to an aromatic ring is 1. The van der Waals surface area contributed by atoms with E-state index in [1.807, 2.05) is 18.7 Å². The number of halogens is 2. The zero-order chi connectivity index (χ0) is 15.0. The number of hydrogen-bond donors (Lipinski definition) is 1. The standard InChI is InChI=1S/C14H20BrFN4/c1-8(2)13(7-19(3)4)20-12-5-9(15)10(16)6-11(12)18-14(20)17/h5-6,8,13H,7H2,1-4H3,(H2,17,18). The molecule has 0 spiro atoms. The molecule has 0 fully saturated rings. The fourth-order valence-electron chi connectivity index (χ4n) is 2.42. The number of nitrogens with two attached hydrogens (primary N) is 1. The summed E-state index contributed by atoms with van der Waals surface area (Å²) in [6, 6.07) is 3.35. The Labute approximate surface area is 126 Å². The predicted molar refractivity (Wildman–Crippen MR) is 84.2 cm³/mol. The monoisotopic (exact) mass is 342 g/mol. The van der Waals surface area contributed by atoms with E-state index in [1.54, 1.807) is 6.07 Å². The van der Waals surface area contributed by atoms with Crippen LogP contribution in [-0.4, -0.2) is 35.1 Å². The summed E-state index contributed by atoms with van der Waals surface area (Å²) < 4.78 is 16.0. The zero-order valence-electron chi connectivity index (χ0n) is 12.2. The van der Waals surface area contributed by atoms with Gasteiger partial charge < -0.3 is 15.2 Å². The molecule has 4 nitrogen and oxygen atoms in total. The molecule has 1 atom stereocenters. The van der Waals surface area contributed by atoms with Crippen LogP contribution in [0.15, 0.2) is 16.6 Å². The van der Waals surface area contributed by atoms with Crippen molar-refractivity contribution in [3.63, 3.8) is 0 Å². The van der Waals surface area contributed by atoms with E-state index in [-0.39, 0.29) is 11.9 Å². The van der Waals surface area contributed by atoms with Gasteiger partial charge in [-0.3, -0.25) is 0 Å². The summed E-state index contributed by atoms with van der Waals surface area (Å²) in [7, 11) is 4.06. The molecule has 1 aromatic carbocycles. The molecule has 1 aromatic heterocycles. The van der Waals surface area contributed by atoms with Crippen molar-refractivity contribution in [2.24, 2.45) is 5.92 Å². The maximum absolute atomic E-state index is 13.6. The van der Waals surface area contributed by atoms with Crippen LogP contribution in [0.1, 0.15) is 19.9 Å². The third-order valence-electron chi connectivity index (χ3n) is 3.41. The lowest BCUT2D eigenvalue weighted by molar-refractivity contribution is 0.275. The third-order valence-corrected chi connectivity index (χ3v) is 4.02. The van der Waals surface area contributed by atoms with Crippen molar-refractivity contribution < 1.29 is 4.39 Å². The van der Waals surface area contributed by atoms with Crippen molar-refractivity contribution in [3.05, 3.63) is 22.4 Å². The number of rotatable bonds is 4. The molecule has 6 heteroatoms. The molecule has 110 valence electrons. The Kier molecular flexibility index (Phi) is 4.34. The molecule has 0 saturated carbocycles. The third kappa shape index (κ3) is 2.81. The van der Waals surface area contributed by atoms with Crippen molar-refractivity contribution in [2.45, 2.75) is 19.9 Å². The molecule has 0 saturated heterocycles. The van der Waals surface area contributed by atoms with Gasteiger partial charge in [0.25, 0.3) is 0 Å². The van der Waals surface area contributed by atoms with Crippen LogP contribution in [0, 0.1) is 11.7 Å². The van der Waals surface area contributed by atoms with Crippen LogP contribution in [0.25, 0.3) is 11.0 Å². The van der Waals surface area contributed by atoms with Crippen LogP contribution in [0.3, 0.4) is 0 Å². The summed E-state index contributed by atoms with van der Waals surface area (Å²) in [6.07, 6.45) is 0. The average Bonchev–Trinajstić information content (AvgIpc) is 2.62. The predicted octanol–water partition coefficient (Wildman–Crippen LogP) is 3.28. The number of likely N-dealkylation sites (N-methyl/N-ethyl adjacent to an activating group) is 1. The fraction of sp³-hybridized carbons (Fsp3) is 0.500. The highest BCUT2D eigenvalue weighted by Gasteiger charge is 2.22. The zero-order valence-corrected chi connectivity index (χ0v) is 13.8. The summed E-state index contributed by atoms with van der Waals surface area (Å²) in [5.41, 5.74) is 7.51. The molecule has 1 unspecified atom stereocenters. The largest absolute Gasteiger partial charge is 0.369 e. The van der Waals surface area contributed by atoms with Gasteiger partial charge in [0.15, 0.2) is 0 Å². The van der Waals surface area contributed by atoms with Gasteiger partial charge >= 0.3 is 0 Å². The van der Waals surface area contributed by atoms with Crippen LogP contribution in [0.4, 0.5) is 10.3 Å². The Morgan fingerprint density at radius 3 is 2.60 bits per heavy atom. The highest BCUT2D eigenvalue weighted by atomic mass is 79.9. The topological polar surface area (TPSA) is 47.1 Å². The highest BCUT2D eigenvalue weighted by Crippen LogP contribution is 2.30. The second kappa shape index (κ2) is 5.69. The number of hydrogen-bond acceptors (Lipinski definition) is 3. The van der Waals surface area contributed by atoms with Gasteiger partial charge in [-0.25, -0.2) is 9.37 Å². The molecule has 0 radical (unpaired) electrons. The maximum atomic E-state index is 13.6. The average molecular weight is 343 g/mol. The molecule has 20 heavy (non-hydrogen) atoms. The second-order valence-electron chi connectivity index (χ2n) is 5.67. The van der Waals surface area contributed by atoms with Crippen molar-refractivity contribution >= 4 is 32.9 Å². The number of aromatic nitrogens is 2. The van der Waals surface area contributed by atoms with E-state index in [2.05, 4.69) is 39.7 Å². The fourth-order valence-corrected chi connectivity index (χ4v) is 2.75. The van der Waals surface area contributed by atoms with Crippen LogP contribution in [0.2, 0.25) is 0 Å². The van der Waals surface area contributed by atoms with Gasteiger partial charge in [-0.2, -0.15) is 0 Å². The SMILES string of the molecule is CC(C)C(CN(C)C)n1c(N)nc2cc(F)c(Br)cc21. The lowest BCUT2D eigenvalue weighted by atomic mass is 10.0. The van der Waals surface area contributed by atoms with E-state index in [4.69, 9.17) is 5.73 Å². The maximum Gasteiger partial charge on any atom is 0.201 e. The molecule has 2 N–H and O–H groups in total. The van der Waals surface area contributed by atoms with E-state index in [9.17, 15) is 4.39 Å². The number of imidazole rings is 1. The van der Waals surface area contributed by atoms with Gasteiger partial charge in [0.05, 0.1) is 21.5 Å². The number of benzene rings is 1. The number of nitrogens with zero attached hydrogens (tertiary/aromatic N) is 3. The van der Waals surface area contributed by atoms with E-state index in [0.29, 0.717) is 21.9 Å². The molecular formula is C14H20BrFN4. The quantitative estimate of drug-likeness (QED) is 0.927. The van der Waals surface area contributed by atoms with Crippen molar-refractivity contribution in [3.8, 4) is 0 Å². The van der Waals surface area contributed by atoms with Crippen LogP contribution < -0.4 is 5.73 Å². The molecule has 2 rings (SSSR count). The minimum Gasteiger partial charge on any atom is -0.369 e. The van der Waals surface area contributed by atoms with Crippen molar-refractivity contribution in [1.82, 2.24) is 14.5 Å². The molecule has 1 heterocycles. The normalized spacial score (nSPS) is 13.6. The summed E-state index contributed by atoms with van der Waals surface area (Å²) in [6.45, 7) is 5.15. The Hall–Kier alpha value is -1.14. The second-order valence-corrected chi connectivity index (χ2v) is 6.52. The first kappa shape index (κ1) is 15.3. The molecule has 2 aromatic rings. The Bertz CT molecular complexity index is 621. The van der Waals surface area contributed by atoms with Crippen LogP contribution >= 0.6 is 15.9 Å². The molecule has 0 aliphatic rings. The Morgan fingerprint density at radius 1 is 1.40 bits per heavy atom. The van der Waals surface area contributed by atoms with Gasteiger partial charge in [-0.05, 0) is 42.0 Å². The smallest absolute Gasteiger partial charge is 0.201 e. The molecular weight excluding hydrogens is 323 g/mol. The van der Waals surface area contributed by atoms with Gasteiger partial charge in [0, 0.05) is 12.6 Å². The number of fused-ring (bicyclic) bond motifs is 1. The first-order chi connectivity index (χ1) is 9.31. The lowest BCUT2D eigenvalue weighted by Gasteiger charge is -2.27. The van der Waals surface area contributed by atoms with Crippen LogP contribution in [-0.2, 0) is 0 Å². The minimum absolute atomic E-state index is 0.187. The van der Waals surface area contributed by atoms with Gasteiger partial charge in [-0.1, -0.05) is 13.8 Å². The summed E-state index contributed by atoms with van der Waals surface area (Å²) >= 11 is 3.23. The Morgan fingerprint density at radius 2 is 2.05 bits per heavy atom. The Balaban J connectivity index is 2.62. The summed E-state index contributed by atoms with van der Waals surface area (Å²) in [5.74, 6) is 0.495. The lowest BCUT2D eigenvalue weighted by Crippen LogP contribution is -2.28. The molecule has 0 aliphatic heterocycles.